The van der Waals surface area contributed by atoms with Crippen molar-refractivity contribution in [2.75, 3.05) is 24.6 Å². The Morgan fingerprint density at radius 1 is 1.31 bits per heavy atom. The molecular formula is C21H21BrN2O2. The first-order valence-electron chi connectivity index (χ1n) is 9.85. The van der Waals surface area contributed by atoms with Crippen LogP contribution in [0.4, 0.5) is 5.69 Å². The van der Waals surface area contributed by atoms with Crippen molar-refractivity contribution in [3.8, 4) is 0 Å². The molecule has 6 aliphatic rings. The molecule has 1 spiro atoms. The highest BCUT2D eigenvalue weighted by Gasteiger charge is 2.70. The Bertz CT molecular complexity index is 898. The van der Waals surface area contributed by atoms with Crippen molar-refractivity contribution in [3.05, 3.63) is 39.9 Å². The minimum atomic E-state index is 0.0882. The summed E-state index contributed by atoms with van der Waals surface area (Å²) in [5, 5.41) is 0. The minimum Gasteiger partial charge on any atom is -0.373 e. The predicted molar refractivity (Wildman–Crippen MR) is 101 cm³/mol. The summed E-state index contributed by atoms with van der Waals surface area (Å²) in [7, 11) is 0. The summed E-state index contributed by atoms with van der Waals surface area (Å²) in [6.45, 7) is 2.94. The molecule has 26 heavy (non-hydrogen) atoms. The van der Waals surface area contributed by atoms with Crippen molar-refractivity contribution >= 4 is 27.5 Å². The summed E-state index contributed by atoms with van der Waals surface area (Å²) in [4.78, 5) is 18.2. The third-order valence-electron chi connectivity index (χ3n) is 8.27. The van der Waals surface area contributed by atoms with Crippen LogP contribution in [0.25, 0.3) is 0 Å². The molecule has 3 saturated heterocycles. The maximum atomic E-state index is 13.3. The Balaban J connectivity index is 1.55. The molecule has 0 N–H and O–H groups in total. The highest BCUT2D eigenvalue weighted by molar-refractivity contribution is 9.10. The zero-order chi connectivity index (χ0) is 17.2. The van der Waals surface area contributed by atoms with Gasteiger partial charge in [-0.1, -0.05) is 33.6 Å². The Hall–Kier alpha value is -1.17. The molecule has 4 nitrogen and oxygen atoms in total. The van der Waals surface area contributed by atoms with Gasteiger partial charge in [-0.3, -0.25) is 9.69 Å². The average molecular weight is 413 g/mol. The van der Waals surface area contributed by atoms with Gasteiger partial charge in [-0.25, -0.2) is 0 Å². The van der Waals surface area contributed by atoms with Crippen LogP contribution < -0.4 is 4.90 Å². The topological polar surface area (TPSA) is 32.8 Å². The highest BCUT2D eigenvalue weighted by Crippen LogP contribution is 2.65. The number of carbonyl (C=O) groups is 1. The summed E-state index contributed by atoms with van der Waals surface area (Å²) in [5.41, 5.74) is 4.26. The molecule has 5 heterocycles. The second-order valence-electron chi connectivity index (χ2n) is 8.92. The number of fused-ring (bicyclic) bond motifs is 2. The van der Waals surface area contributed by atoms with Gasteiger partial charge in [0.1, 0.15) is 0 Å². The van der Waals surface area contributed by atoms with Gasteiger partial charge in [0.15, 0.2) is 0 Å². The zero-order valence-electron chi connectivity index (χ0n) is 14.5. The van der Waals surface area contributed by atoms with Gasteiger partial charge in [0.25, 0.3) is 0 Å². The Morgan fingerprint density at radius 2 is 2.23 bits per heavy atom. The zero-order valence-corrected chi connectivity index (χ0v) is 16.1. The molecule has 5 heteroatoms. The van der Waals surface area contributed by atoms with E-state index < -0.39 is 0 Å². The maximum absolute atomic E-state index is 13.3. The number of ether oxygens (including phenoxy) is 1. The van der Waals surface area contributed by atoms with Crippen LogP contribution in [-0.2, 0) is 14.9 Å². The third kappa shape index (κ3) is 1.48. The quantitative estimate of drug-likeness (QED) is 0.614. The van der Waals surface area contributed by atoms with Crippen LogP contribution in [0.2, 0.25) is 0 Å². The van der Waals surface area contributed by atoms with Crippen LogP contribution in [0.1, 0.15) is 24.8 Å². The molecular weight excluding hydrogens is 392 g/mol. The molecule has 1 aromatic rings. The van der Waals surface area contributed by atoms with Crippen LogP contribution >= 0.6 is 15.9 Å². The largest absolute Gasteiger partial charge is 0.373 e. The third-order valence-corrected chi connectivity index (χ3v) is 8.77. The van der Waals surface area contributed by atoms with E-state index in [1.807, 2.05) is 0 Å². The fourth-order valence-corrected chi connectivity index (χ4v) is 7.88. The van der Waals surface area contributed by atoms with E-state index in [-0.39, 0.29) is 23.5 Å². The minimum absolute atomic E-state index is 0.0882. The lowest BCUT2D eigenvalue weighted by molar-refractivity contribution is -0.132. The molecule has 2 bridgehead atoms. The van der Waals surface area contributed by atoms with Gasteiger partial charge in [-0.05, 0) is 43.0 Å². The highest BCUT2D eigenvalue weighted by atomic mass is 79.9. The van der Waals surface area contributed by atoms with Gasteiger partial charge in [-0.2, -0.15) is 0 Å². The summed E-state index contributed by atoms with van der Waals surface area (Å²) in [5.74, 6) is 1.30. The monoisotopic (exact) mass is 412 g/mol. The van der Waals surface area contributed by atoms with E-state index in [9.17, 15) is 4.79 Å². The number of hydrogen-bond acceptors (Lipinski definition) is 3. The van der Waals surface area contributed by atoms with Crippen molar-refractivity contribution in [2.24, 2.45) is 11.8 Å². The molecule has 0 aromatic heterocycles. The summed E-state index contributed by atoms with van der Waals surface area (Å²) in [6.07, 6.45) is 5.37. The van der Waals surface area contributed by atoms with Gasteiger partial charge in [-0.15, -0.1) is 0 Å². The molecule has 4 fully saturated rings. The van der Waals surface area contributed by atoms with Crippen LogP contribution in [0.3, 0.4) is 0 Å². The van der Waals surface area contributed by atoms with Gasteiger partial charge in [0.05, 0.1) is 25.2 Å². The number of anilines is 1. The van der Waals surface area contributed by atoms with Crippen LogP contribution in [-0.4, -0.2) is 48.7 Å². The number of halogens is 1. The number of hydrogen-bond donors (Lipinski definition) is 0. The number of nitrogens with zero attached hydrogens (tertiary/aromatic N) is 2. The number of rotatable bonds is 0. The first kappa shape index (κ1) is 14.8. The number of piperidine rings is 2. The van der Waals surface area contributed by atoms with Gasteiger partial charge in [0, 0.05) is 34.1 Å². The van der Waals surface area contributed by atoms with E-state index in [0.717, 1.165) is 23.2 Å². The van der Waals surface area contributed by atoms with E-state index >= 15 is 0 Å². The standard InChI is InChI=1S/C21H21BrN2O2/c22-12-1-2-14-15(7-12)24-18(25)9-16-19-13-8-17-21(14,20(19)24)4-5-23(17)10-11(13)3-6-26-16/h1-3,7,13,16-17,19-20H,4-6,8-10H2/t13-,16-,17-,19-,20-,21?/m0/s1. The van der Waals surface area contributed by atoms with Crippen molar-refractivity contribution < 1.29 is 9.53 Å². The fraction of sp³-hybridized carbons (Fsp3) is 0.571. The van der Waals surface area contributed by atoms with E-state index in [0.29, 0.717) is 30.9 Å². The van der Waals surface area contributed by atoms with Crippen LogP contribution in [0.5, 0.6) is 0 Å². The second kappa shape index (κ2) is 4.62. The van der Waals surface area contributed by atoms with E-state index in [2.05, 4.69) is 50.0 Å². The Labute approximate surface area is 161 Å². The van der Waals surface area contributed by atoms with Crippen LogP contribution in [0, 0.1) is 11.8 Å². The lowest BCUT2D eigenvalue weighted by Gasteiger charge is -2.58. The van der Waals surface area contributed by atoms with Crippen molar-refractivity contribution in [2.45, 2.75) is 42.9 Å². The molecule has 1 unspecified atom stereocenters. The molecule has 1 saturated carbocycles. The molecule has 134 valence electrons. The smallest absolute Gasteiger partial charge is 0.229 e. The van der Waals surface area contributed by atoms with Crippen LogP contribution in [0.15, 0.2) is 34.3 Å². The lowest BCUT2D eigenvalue weighted by atomic mass is 9.53. The van der Waals surface area contributed by atoms with Gasteiger partial charge >= 0.3 is 0 Å². The lowest BCUT2D eigenvalue weighted by Crippen LogP contribution is -2.69. The number of amides is 1. The number of benzene rings is 1. The fourth-order valence-electron chi connectivity index (χ4n) is 7.53. The molecule has 1 amide bonds. The Kier molecular flexibility index (Phi) is 2.64. The molecule has 5 aliphatic heterocycles. The molecule has 1 aromatic carbocycles. The first-order valence-corrected chi connectivity index (χ1v) is 10.6. The van der Waals surface area contributed by atoms with Gasteiger partial charge in [0.2, 0.25) is 5.91 Å². The normalized spacial score (nSPS) is 44.7. The van der Waals surface area contributed by atoms with Crippen molar-refractivity contribution in [1.82, 2.24) is 4.90 Å². The summed E-state index contributed by atoms with van der Waals surface area (Å²) < 4.78 is 7.33. The predicted octanol–water partition coefficient (Wildman–Crippen LogP) is 2.86. The van der Waals surface area contributed by atoms with Crippen molar-refractivity contribution in [3.63, 3.8) is 0 Å². The van der Waals surface area contributed by atoms with E-state index in [4.69, 9.17) is 4.74 Å². The SMILES string of the molecule is O=C1C[C@@H]2OCC=C3CN4CCC56c7ccc(Br)cc7N1[C@H]5[C@H]2[C@H]3C[C@H]46. The molecule has 0 radical (unpaired) electrons. The second-order valence-corrected chi connectivity index (χ2v) is 9.84. The number of carbonyl (C=O) groups excluding carboxylic acids is 1. The summed E-state index contributed by atoms with van der Waals surface area (Å²) >= 11 is 3.64. The molecule has 7 rings (SSSR count). The Morgan fingerprint density at radius 3 is 3.15 bits per heavy atom. The molecule has 6 atom stereocenters. The molecule has 1 aliphatic carbocycles. The van der Waals surface area contributed by atoms with Gasteiger partial charge < -0.3 is 9.64 Å². The maximum Gasteiger partial charge on any atom is 0.229 e. The first-order chi connectivity index (χ1) is 12.7. The van der Waals surface area contributed by atoms with Crippen molar-refractivity contribution in [1.29, 1.82) is 0 Å². The average Bonchev–Trinajstić information content (AvgIpc) is 3.08. The van der Waals surface area contributed by atoms with E-state index in [1.165, 1.54) is 18.4 Å². The summed E-state index contributed by atoms with van der Waals surface area (Å²) in [6, 6.07) is 7.49. The van der Waals surface area contributed by atoms with E-state index in [1.54, 1.807) is 5.57 Å².